The second kappa shape index (κ2) is 8.66. The molecule has 0 bridgehead atoms. The molecule has 0 amide bonds. The molecule has 0 radical (unpaired) electrons. The van der Waals surface area contributed by atoms with Gasteiger partial charge in [0.15, 0.2) is 11.6 Å². The lowest BCUT2D eigenvalue weighted by Gasteiger charge is -2.29. The summed E-state index contributed by atoms with van der Waals surface area (Å²) in [6, 6.07) is 6.94. The molecule has 28 heavy (non-hydrogen) atoms. The number of nitrogens with two attached hydrogens (primary N) is 1. The van der Waals surface area contributed by atoms with Crippen LogP contribution in [0.5, 0.6) is 0 Å². The molecule has 3 rings (SSSR count). The van der Waals surface area contributed by atoms with Crippen LogP contribution in [0.4, 0.5) is 25.8 Å². The van der Waals surface area contributed by atoms with Gasteiger partial charge in [0, 0.05) is 22.7 Å². The zero-order chi connectivity index (χ0) is 20.5. The van der Waals surface area contributed by atoms with E-state index in [2.05, 4.69) is 32.6 Å². The van der Waals surface area contributed by atoms with Crippen LogP contribution < -0.4 is 15.8 Å². The second-order valence-electron chi connectivity index (χ2n) is 6.38. The molecule has 1 heterocycles. The third-order valence-corrected chi connectivity index (χ3v) is 6.87. The Morgan fingerprint density at radius 3 is 2.43 bits per heavy atom. The molecule has 0 spiro atoms. The van der Waals surface area contributed by atoms with Crippen LogP contribution in [-0.2, 0) is 10.2 Å². The minimum atomic E-state index is -3.96. The summed E-state index contributed by atoms with van der Waals surface area (Å²) in [6.45, 7) is 0.512. The number of hydrogen-bond donors (Lipinski definition) is 3. The van der Waals surface area contributed by atoms with Crippen LogP contribution in [0.2, 0.25) is 5.02 Å². The predicted octanol–water partition coefficient (Wildman–Crippen LogP) is 4.05. The standard InChI is InChI=1S/C17H18ClF2IN4O2S/c18-12-9-10(21)1-3-14(12)23-17-15(4-2-13(19)16(17)20)24-28(26,27)25-7-5-11(22)6-8-25/h1-4,9,11,23-24H,5-8,22H2. The van der Waals surface area contributed by atoms with Gasteiger partial charge >= 0.3 is 10.2 Å². The SMILES string of the molecule is NC1CCN(S(=O)(=O)Nc2ccc(F)c(F)c2Nc2ccc(I)cc2Cl)CC1. The van der Waals surface area contributed by atoms with Crippen LogP contribution in [0, 0.1) is 15.2 Å². The topological polar surface area (TPSA) is 87.5 Å². The number of anilines is 3. The fourth-order valence-corrected chi connectivity index (χ4v) is 4.97. The normalized spacial score (nSPS) is 16.2. The third-order valence-electron chi connectivity index (χ3n) is 4.36. The van der Waals surface area contributed by atoms with Crippen LogP contribution in [0.3, 0.4) is 0 Å². The number of nitrogens with zero attached hydrogens (tertiary/aromatic N) is 1. The summed E-state index contributed by atoms with van der Waals surface area (Å²) in [5, 5.41) is 2.98. The lowest BCUT2D eigenvalue weighted by atomic mass is 10.1. The van der Waals surface area contributed by atoms with Crippen molar-refractivity contribution in [2.45, 2.75) is 18.9 Å². The van der Waals surface area contributed by atoms with E-state index in [4.69, 9.17) is 17.3 Å². The highest BCUT2D eigenvalue weighted by molar-refractivity contribution is 14.1. The Bertz CT molecular complexity index is 985. The molecule has 0 saturated carbocycles. The highest BCUT2D eigenvalue weighted by atomic mass is 127. The Morgan fingerprint density at radius 2 is 1.79 bits per heavy atom. The Morgan fingerprint density at radius 1 is 1.14 bits per heavy atom. The summed E-state index contributed by atoms with van der Waals surface area (Å²) < 4.78 is 58.1. The molecule has 1 aliphatic rings. The first kappa shape index (κ1) is 21.5. The van der Waals surface area contributed by atoms with Crippen molar-refractivity contribution in [2.75, 3.05) is 23.1 Å². The maximum Gasteiger partial charge on any atom is 0.301 e. The van der Waals surface area contributed by atoms with Gasteiger partial charge in [0.1, 0.15) is 5.69 Å². The highest BCUT2D eigenvalue weighted by Gasteiger charge is 2.28. The molecular weight excluding hydrogens is 525 g/mol. The molecular formula is C17H18ClF2IN4O2S. The molecule has 0 aromatic heterocycles. The van der Waals surface area contributed by atoms with Crippen molar-refractivity contribution in [1.82, 2.24) is 4.31 Å². The van der Waals surface area contributed by atoms with Crippen LogP contribution in [0.25, 0.3) is 0 Å². The van der Waals surface area contributed by atoms with Crippen molar-refractivity contribution in [2.24, 2.45) is 5.73 Å². The summed E-state index contributed by atoms with van der Waals surface area (Å²) in [7, 11) is -3.96. The van der Waals surface area contributed by atoms with E-state index < -0.39 is 21.8 Å². The Balaban J connectivity index is 1.92. The molecule has 0 atom stereocenters. The summed E-state index contributed by atoms with van der Waals surface area (Å²) in [4.78, 5) is 0. The molecule has 1 fully saturated rings. The summed E-state index contributed by atoms with van der Waals surface area (Å²) >= 11 is 8.21. The zero-order valence-corrected chi connectivity index (χ0v) is 18.3. The average Bonchev–Trinajstić information content (AvgIpc) is 2.63. The van der Waals surface area contributed by atoms with Crippen molar-refractivity contribution in [3.63, 3.8) is 0 Å². The van der Waals surface area contributed by atoms with Gasteiger partial charge in [0.25, 0.3) is 0 Å². The van der Waals surface area contributed by atoms with Gasteiger partial charge in [-0.2, -0.15) is 12.7 Å². The van der Waals surface area contributed by atoms with Crippen molar-refractivity contribution in [1.29, 1.82) is 0 Å². The minimum absolute atomic E-state index is 0.0463. The van der Waals surface area contributed by atoms with Gasteiger partial charge in [-0.1, -0.05) is 11.6 Å². The molecule has 0 unspecified atom stereocenters. The molecule has 0 aliphatic carbocycles. The number of nitrogens with one attached hydrogen (secondary N) is 2. The molecule has 2 aromatic rings. The predicted molar refractivity (Wildman–Crippen MR) is 115 cm³/mol. The first-order valence-electron chi connectivity index (χ1n) is 8.41. The van der Waals surface area contributed by atoms with Gasteiger partial charge in [-0.15, -0.1) is 0 Å². The lowest BCUT2D eigenvalue weighted by molar-refractivity contribution is 0.322. The van der Waals surface area contributed by atoms with Gasteiger partial charge in [-0.25, -0.2) is 8.78 Å². The third kappa shape index (κ3) is 4.85. The van der Waals surface area contributed by atoms with Crippen molar-refractivity contribution in [3.05, 3.63) is 50.6 Å². The van der Waals surface area contributed by atoms with Gasteiger partial charge < -0.3 is 11.1 Å². The molecule has 4 N–H and O–H groups in total. The van der Waals surface area contributed by atoms with Gasteiger partial charge in [0.2, 0.25) is 0 Å². The van der Waals surface area contributed by atoms with Crippen LogP contribution >= 0.6 is 34.2 Å². The summed E-state index contributed by atoms with van der Waals surface area (Å²) in [5.74, 6) is -2.33. The fourth-order valence-electron chi connectivity index (χ4n) is 2.80. The van der Waals surface area contributed by atoms with Crippen molar-refractivity contribution >= 4 is 61.5 Å². The van der Waals surface area contributed by atoms with E-state index in [0.29, 0.717) is 18.5 Å². The summed E-state index contributed by atoms with van der Waals surface area (Å²) in [6.07, 6.45) is 1.06. The molecule has 152 valence electrons. The maximum absolute atomic E-state index is 14.5. The van der Waals surface area contributed by atoms with E-state index in [9.17, 15) is 17.2 Å². The van der Waals surface area contributed by atoms with Crippen molar-refractivity contribution in [3.8, 4) is 0 Å². The molecule has 1 aliphatic heterocycles. The Hall–Kier alpha value is -1.21. The van der Waals surface area contributed by atoms with E-state index in [-0.39, 0.29) is 35.5 Å². The zero-order valence-electron chi connectivity index (χ0n) is 14.6. The number of benzene rings is 2. The lowest BCUT2D eigenvalue weighted by Crippen LogP contribution is -2.45. The second-order valence-corrected chi connectivity index (χ2v) is 9.70. The number of halogens is 4. The van der Waals surface area contributed by atoms with E-state index in [1.165, 1.54) is 4.31 Å². The minimum Gasteiger partial charge on any atom is -0.350 e. The van der Waals surface area contributed by atoms with E-state index >= 15 is 0 Å². The van der Waals surface area contributed by atoms with Gasteiger partial charge in [-0.3, -0.25) is 4.72 Å². The van der Waals surface area contributed by atoms with E-state index in [1.54, 1.807) is 18.2 Å². The van der Waals surface area contributed by atoms with Gasteiger partial charge in [0.05, 0.1) is 16.4 Å². The first-order valence-corrected chi connectivity index (χ1v) is 11.3. The van der Waals surface area contributed by atoms with Gasteiger partial charge in [-0.05, 0) is 65.8 Å². The Labute approximate surface area is 180 Å². The highest BCUT2D eigenvalue weighted by Crippen LogP contribution is 2.34. The van der Waals surface area contributed by atoms with E-state index in [0.717, 1.165) is 15.7 Å². The van der Waals surface area contributed by atoms with Crippen molar-refractivity contribution < 1.29 is 17.2 Å². The molecule has 11 heteroatoms. The Kier molecular flexibility index (Phi) is 6.65. The van der Waals surface area contributed by atoms with Crippen LogP contribution in [-0.4, -0.2) is 31.9 Å². The van der Waals surface area contributed by atoms with Crippen LogP contribution in [0.15, 0.2) is 30.3 Å². The van der Waals surface area contributed by atoms with E-state index in [1.807, 2.05) is 0 Å². The molecule has 2 aromatic carbocycles. The largest absolute Gasteiger partial charge is 0.350 e. The monoisotopic (exact) mass is 542 g/mol. The molecule has 6 nitrogen and oxygen atoms in total. The quantitative estimate of drug-likeness (QED) is 0.498. The number of rotatable bonds is 5. The maximum atomic E-state index is 14.5. The van der Waals surface area contributed by atoms with Crippen LogP contribution in [0.1, 0.15) is 12.8 Å². The average molecular weight is 543 g/mol. The number of piperidine rings is 1. The summed E-state index contributed by atoms with van der Waals surface area (Å²) in [5.41, 5.74) is 5.65. The first-order chi connectivity index (χ1) is 13.2. The number of hydrogen-bond acceptors (Lipinski definition) is 4. The molecule has 1 saturated heterocycles. The fraction of sp³-hybridized carbons (Fsp3) is 0.294. The smallest absolute Gasteiger partial charge is 0.301 e.